The fourth-order valence-electron chi connectivity index (χ4n) is 6.58. The van der Waals surface area contributed by atoms with Gasteiger partial charge in [0.1, 0.15) is 30.5 Å². The van der Waals surface area contributed by atoms with E-state index in [1.807, 2.05) is 0 Å². The Kier molecular flexibility index (Phi) is 29.1. The first-order valence-electron chi connectivity index (χ1n) is 20.7. The van der Waals surface area contributed by atoms with Gasteiger partial charge in [0.15, 0.2) is 6.29 Å². The molecule has 0 radical (unpaired) electrons. The molecular weight excluding hydrogens is 706 g/mol. The van der Waals surface area contributed by atoms with Crippen LogP contribution >= 0.6 is 0 Å². The monoisotopic (exact) mass is 782 g/mol. The molecule has 0 aromatic carbocycles. The summed E-state index contributed by atoms with van der Waals surface area (Å²) < 4.78 is 47.1. The van der Waals surface area contributed by atoms with E-state index in [0.29, 0.717) is 12.8 Å². The van der Waals surface area contributed by atoms with Crippen LogP contribution in [0.3, 0.4) is 0 Å². The number of carbonyl (C=O) groups is 1. The highest BCUT2D eigenvalue weighted by atomic mass is 32.3. The largest absolute Gasteiger partial charge is 0.397 e. The van der Waals surface area contributed by atoms with Gasteiger partial charge in [-0.05, 0) is 19.3 Å². The smallest absolute Gasteiger partial charge is 0.394 e. The normalized spacial score (nSPS) is 22.6. The molecule has 1 aliphatic rings. The van der Waals surface area contributed by atoms with Crippen LogP contribution in [-0.2, 0) is 28.9 Å². The van der Waals surface area contributed by atoms with Crippen molar-refractivity contribution in [1.82, 2.24) is 5.32 Å². The molecule has 13 nitrogen and oxygen atoms in total. The minimum absolute atomic E-state index is 0.246. The summed E-state index contributed by atoms with van der Waals surface area (Å²) in [6.07, 6.45) is 19.5. The van der Waals surface area contributed by atoms with Crippen molar-refractivity contribution >= 4 is 16.3 Å². The lowest BCUT2D eigenvalue weighted by atomic mass is 9.99. The highest BCUT2D eigenvalue weighted by Crippen LogP contribution is 2.26. The van der Waals surface area contributed by atoms with E-state index in [1.165, 1.54) is 102 Å². The molecule has 8 unspecified atom stereocenters. The van der Waals surface area contributed by atoms with Gasteiger partial charge in [0.25, 0.3) is 0 Å². The second kappa shape index (κ2) is 31.0. The van der Waals surface area contributed by atoms with Crippen molar-refractivity contribution < 1.29 is 57.0 Å². The van der Waals surface area contributed by atoms with Crippen molar-refractivity contribution in [2.24, 2.45) is 0 Å². The van der Waals surface area contributed by atoms with E-state index in [9.17, 15) is 38.7 Å². The molecule has 8 atom stereocenters. The van der Waals surface area contributed by atoms with Crippen molar-refractivity contribution in [3.63, 3.8) is 0 Å². The molecule has 1 amide bonds. The lowest BCUT2D eigenvalue weighted by Gasteiger charge is -2.41. The lowest BCUT2D eigenvalue weighted by Crippen LogP contribution is -2.61. The Hall–Kier alpha value is -1.20. The molecule has 0 aromatic rings. The van der Waals surface area contributed by atoms with Crippen LogP contribution in [0.1, 0.15) is 168 Å². The van der Waals surface area contributed by atoms with Gasteiger partial charge in [-0.25, -0.2) is 4.18 Å². The van der Waals surface area contributed by atoms with E-state index in [0.717, 1.165) is 38.5 Å². The molecule has 1 fully saturated rings. The van der Waals surface area contributed by atoms with Crippen LogP contribution in [0.15, 0.2) is 12.2 Å². The third-order valence-corrected chi connectivity index (χ3v) is 10.4. The summed E-state index contributed by atoms with van der Waals surface area (Å²) in [6.45, 7) is 3.07. The maximum atomic E-state index is 12.9. The maximum absolute atomic E-state index is 12.9. The van der Waals surface area contributed by atoms with E-state index in [-0.39, 0.29) is 6.42 Å². The number of ether oxygens (including phenoxy) is 2. The minimum atomic E-state index is -5.10. The van der Waals surface area contributed by atoms with E-state index in [1.54, 1.807) is 6.08 Å². The molecule has 0 spiro atoms. The zero-order valence-electron chi connectivity index (χ0n) is 32.7. The number of unbranched alkanes of at least 4 members (excludes halogenated alkanes) is 21. The Morgan fingerprint density at radius 1 is 0.755 bits per heavy atom. The van der Waals surface area contributed by atoms with Crippen LogP contribution in [0.2, 0.25) is 0 Å². The second-order valence-corrected chi connectivity index (χ2v) is 15.8. The summed E-state index contributed by atoms with van der Waals surface area (Å²) in [4.78, 5) is 12.9. The fraction of sp³-hybridized carbons (Fsp3) is 0.923. The third-order valence-electron chi connectivity index (χ3n) is 9.93. The molecule has 0 aliphatic carbocycles. The first-order valence-corrected chi connectivity index (χ1v) is 22.0. The Bertz CT molecular complexity index is 1030. The second-order valence-electron chi connectivity index (χ2n) is 14.7. The molecule has 53 heavy (non-hydrogen) atoms. The lowest BCUT2D eigenvalue weighted by molar-refractivity contribution is -0.298. The van der Waals surface area contributed by atoms with Crippen LogP contribution < -0.4 is 5.32 Å². The van der Waals surface area contributed by atoms with Crippen molar-refractivity contribution in [3.8, 4) is 0 Å². The van der Waals surface area contributed by atoms with Gasteiger partial charge in [-0.15, -0.1) is 0 Å². The number of nitrogens with one attached hydrogen (secondary N) is 1. The number of allylic oxidation sites excluding steroid dienone is 1. The Balaban J connectivity index is 2.43. The topological polar surface area (TPSA) is 212 Å². The van der Waals surface area contributed by atoms with Crippen LogP contribution in [-0.4, -0.2) is 107 Å². The summed E-state index contributed by atoms with van der Waals surface area (Å²) in [5, 5.41) is 54.6. The summed E-state index contributed by atoms with van der Waals surface area (Å²) >= 11 is 0. The molecule has 14 heteroatoms. The fourth-order valence-corrected chi connectivity index (χ4v) is 7.09. The number of carbonyl (C=O) groups excluding carboxylic acids is 1. The minimum Gasteiger partial charge on any atom is -0.394 e. The number of hydrogen-bond donors (Lipinski definition) is 7. The third kappa shape index (κ3) is 24.1. The number of hydrogen-bond acceptors (Lipinski definition) is 11. The van der Waals surface area contributed by atoms with E-state index < -0.39 is 78.5 Å². The molecule has 1 saturated heterocycles. The summed E-state index contributed by atoms with van der Waals surface area (Å²) in [5.41, 5.74) is 0. The zero-order chi connectivity index (χ0) is 39.3. The van der Waals surface area contributed by atoms with Gasteiger partial charge in [0.05, 0.1) is 25.4 Å². The molecule has 7 N–H and O–H groups in total. The predicted molar refractivity (Wildman–Crippen MR) is 205 cm³/mol. The Morgan fingerprint density at radius 2 is 1.23 bits per heavy atom. The van der Waals surface area contributed by atoms with Gasteiger partial charge in [0.2, 0.25) is 5.91 Å². The number of aliphatic hydroxyl groups excluding tert-OH is 5. The number of amides is 1. The van der Waals surface area contributed by atoms with E-state index in [2.05, 4.69) is 23.3 Å². The van der Waals surface area contributed by atoms with Crippen LogP contribution in [0.25, 0.3) is 0 Å². The first-order chi connectivity index (χ1) is 25.4. The van der Waals surface area contributed by atoms with Gasteiger partial charge >= 0.3 is 10.4 Å². The average Bonchev–Trinajstić information content (AvgIpc) is 3.12. The highest BCUT2D eigenvalue weighted by molar-refractivity contribution is 7.80. The molecule has 314 valence electrons. The predicted octanol–water partition coefficient (Wildman–Crippen LogP) is 5.80. The van der Waals surface area contributed by atoms with Crippen molar-refractivity contribution in [1.29, 1.82) is 0 Å². The van der Waals surface area contributed by atoms with Crippen LogP contribution in [0.5, 0.6) is 0 Å². The Morgan fingerprint density at radius 3 is 1.70 bits per heavy atom. The summed E-state index contributed by atoms with van der Waals surface area (Å²) in [7, 11) is -5.10. The van der Waals surface area contributed by atoms with Gasteiger partial charge in [-0.1, -0.05) is 161 Å². The zero-order valence-corrected chi connectivity index (χ0v) is 33.5. The highest BCUT2D eigenvalue weighted by Gasteiger charge is 2.48. The summed E-state index contributed by atoms with van der Waals surface area (Å²) in [6, 6.07) is -1.11. The molecule has 1 heterocycles. The Labute approximate surface area is 320 Å². The standard InChI is InChI=1S/C39H75NO12S/c1-3-5-7-9-10-11-12-13-14-15-16-17-18-19-20-21-22-24-26-28-33(43)38(46)40-31(32(42)27-25-23-8-6-4-2)30-50-39-36(45)37(52-53(47,48)49)35(44)34(29-41)51-39/h25,27,31-37,39,41-45H,3-24,26,28-30H2,1-2H3,(H,40,46)(H,47,48,49)/b27-25+. The molecule has 0 aromatic heterocycles. The number of rotatable bonds is 34. The van der Waals surface area contributed by atoms with Gasteiger partial charge in [0, 0.05) is 0 Å². The molecular formula is C39H75NO12S. The molecule has 1 aliphatic heterocycles. The number of aliphatic hydroxyl groups is 5. The van der Waals surface area contributed by atoms with Crippen molar-refractivity contribution in [2.45, 2.75) is 217 Å². The van der Waals surface area contributed by atoms with Crippen molar-refractivity contribution in [3.05, 3.63) is 12.2 Å². The van der Waals surface area contributed by atoms with E-state index >= 15 is 0 Å². The molecule has 0 bridgehead atoms. The molecule has 0 saturated carbocycles. The van der Waals surface area contributed by atoms with Crippen LogP contribution in [0.4, 0.5) is 0 Å². The van der Waals surface area contributed by atoms with Gasteiger partial charge in [-0.2, -0.15) is 8.42 Å². The quantitative estimate of drug-likeness (QED) is 0.0235. The van der Waals surface area contributed by atoms with Crippen LogP contribution in [0, 0.1) is 0 Å². The summed E-state index contributed by atoms with van der Waals surface area (Å²) in [5.74, 6) is -0.708. The average molecular weight is 782 g/mol. The SMILES string of the molecule is CCCCC/C=C/C(O)C(COC1OC(CO)C(O)C(OS(=O)(=O)O)C1O)NC(=O)C(O)CCCCCCCCCCCCCCCCCCCCC. The van der Waals surface area contributed by atoms with E-state index in [4.69, 9.17) is 14.0 Å². The van der Waals surface area contributed by atoms with Gasteiger partial charge in [-0.3, -0.25) is 9.35 Å². The van der Waals surface area contributed by atoms with Gasteiger partial charge < -0.3 is 40.3 Å². The molecule has 1 rings (SSSR count). The first kappa shape index (κ1) is 49.8. The van der Waals surface area contributed by atoms with Crippen molar-refractivity contribution in [2.75, 3.05) is 13.2 Å². The maximum Gasteiger partial charge on any atom is 0.397 e.